The van der Waals surface area contributed by atoms with Gasteiger partial charge in [-0.3, -0.25) is 9.59 Å². The molecule has 0 atom stereocenters. The summed E-state index contributed by atoms with van der Waals surface area (Å²) in [6.07, 6.45) is -0.0912. The van der Waals surface area contributed by atoms with E-state index >= 15 is 0 Å². The summed E-state index contributed by atoms with van der Waals surface area (Å²) in [7, 11) is -3.66. The van der Waals surface area contributed by atoms with Crippen molar-refractivity contribution < 1.29 is 23.1 Å². The van der Waals surface area contributed by atoms with Gasteiger partial charge in [-0.1, -0.05) is 32.0 Å². The largest absolute Gasteiger partial charge is 0.480 e. The highest BCUT2D eigenvalue weighted by Gasteiger charge is 2.19. The number of nitrogens with one attached hydrogen (secondary N) is 1. The molecule has 1 rings (SSSR count). The Labute approximate surface area is 136 Å². The first-order chi connectivity index (χ1) is 10.7. The van der Waals surface area contributed by atoms with Crippen molar-refractivity contribution in [2.75, 3.05) is 19.6 Å². The van der Waals surface area contributed by atoms with Crippen LogP contribution in [0.2, 0.25) is 0 Å². The maximum Gasteiger partial charge on any atom is 0.323 e. The molecule has 0 radical (unpaired) electrons. The van der Waals surface area contributed by atoms with Crippen LogP contribution in [0.5, 0.6) is 0 Å². The molecular formula is C15H22N2O5S. The van der Waals surface area contributed by atoms with Crippen LogP contribution in [-0.2, 0) is 19.6 Å². The molecule has 7 nitrogen and oxygen atoms in total. The van der Waals surface area contributed by atoms with Gasteiger partial charge in [-0.05, 0) is 18.1 Å². The van der Waals surface area contributed by atoms with Gasteiger partial charge in [-0.15, -0.1) is 0 Å². The van der Waals surface area contributed by atoms with Crippen LogP contribution in [0.25, 0.3) is 0 Å². The summed E-state index contributed by atoms with van der Waals surface area (Å²) in [5.74, 6) is -1.36. The fourth-order valence-corrected chi connectivity index (χ4v) is 3.04. The first-order valence-corrected chi connectivity index (χ1v) is 8.75. The van der Waals surface area contributed by atoms with Crippen molar-refractivity contribution in [1.82, 2.24) is 9.62 Å². The van der Waals surface area contributed by atoms with Crippen LogP contribution in [-0.4, -0.2) is 49.9 Å². The summed E-state index contributed by atoms with van der Waals surface area (Å²) in [6, 6.07) is 7.84. The Hall–Kier alpha value is -1.93. The third-order valence-electron chi connectivity index (χ3n) is 2.95. The second-order valence-corrected chi connectivity index (χ2v) is 7.29. The highest BCUT2D eigenvalue weighted by atomic mass is 32.2. The Bertz CT molecular complexity index is 629. The first kappa shape index (κ1) is 19.1. The molecule has 0 aliphatic heterocycles. The van der Waals surface area contributed by atoms with Gasteiger partial charge in [0.15, 0.2) is 0 Å². The third kappa shape index (κ3) is 6.79. The van der Waals surface area contributed by atoms with Crippen LogP contribution in [0, 0.1) is 5.92 Å². The van der Waals surface area contributed by atoms with E-state index in [9.17, 15) is 18.0 Å². The fraction of sp³-hybridized carbons (Fsp3) is 0.467. The molecule has 23 heavy (non-hydrogen) atoms. The van der Waals surface area contributed by atoms with E-state index in [0.717, 1.165) is 0 Å². The van der Waals surface area contributed by atoms with Crippen molar-refractivity contribution in [1.29, 1.82) is 0 Å². The van der Waals surface area contributed by atoms with E-state index in [4.69, 9.17) is 5.11 Å². The lowest BCUT2D eigenvalue weighted by Gasteiger charge is -2.22. The number of carboxylic acid groups (broad SMARTS) is 1. The summed E-state index contributed by atoms with van der Waals surface area (Å²) in [5, 5.41) is 8.84. The zero-order valence-electron chi connectivity index (χ0n) is 13.2. The first-order valence-electron chi connectivity index (χ1n) is 7.26. The number of carboxylic acids is 1. The van der Waals surface area contributed by atoms with Crippen LogP contribution < -0.4 is 4.72 Å². The Balaban J connectivity index is 2.58. The molecule has 0 aliphatic rings. The molecule has 0 heterocycles. The molecular weight excluding hydrogens is 320 g/mol. The van der Waals surface area contributed by atoms with Crippen LogP contribution in [0.1, 0.15) is 20.3 Å². The van der Waals surface area contributed by atoms with Gasteiger partial charge in [0, 0.05) is 19.5 Å². The molecule has 0 aliphatic carbocycles. The molecule has 0 aromatic heterocycles. The molecule has 0 saturated heterocycles. The molecule has 0 unspecified atom stereocenters. The van der Waals surface area contributed by atoms with Crippen molar-refractivity contribution in [2.45, 2.75) is 25.2 Å². The number of rotatable bonds is 9. The molecule has 1 aromatic carbocycles. The zero-order chi connectivity index (χ0) is 17.5. The lowest BCUT2D eigenvalue weighted by Crippen LogP contribution is -2.39. The second kappa shape index (κ2) is 8.64. The highest BCUT2D eigenvalue weighted by molar-refractivity contribution is 7.89. The van der Waals surface area contributed by atoms with Gasteiger partial charge in [0.2, 0.25) is 15.9 Å². The number of amides is 1. The summed E-state index contributed by atoms with van der Waals surface area (Å²) < 4.78 is 26.4. The van der Waals surface area contributed by atoms with Crippen molar-refractivity contribution in [3.8, 4) is 0 Å². The summed E-state index contributed by atoms with van der Waals surface area (Å²) in [5.41, 5.74) is 0. The van der Waals surface area contributed by atoms with Gasteiger partial charge in [-0.25, -0.2) is 13.1 Å². The number of carbonyl (C=O) groups is 2. The maximum absolute atomic E-state index is 12.1. The van der Waals surface area contributed by atoms with Crippen LogP contribution in [0.3, 0.4) is 0 Å². The van der Waals surface area contributed by atoms with E-state index in [0.29, 0.717) is 6.54 Å². The standard InChI is InChI=1S/C15H22N2O5S/c1-12(2)10-17(11-15(19)20)14(18)8-9-16-23(21,22)13-6-4-3-5-7-13/h3-7,12,16H,8-11H2,1-2H3,(H,19,20). The normalized spacial score (nSPS) is 11.4. The van der Waals surface area contributed by atoms with E-state index in [2.05, 4.69) is 4.72 Å². The smallest absolute Gasteiger partial charge is 0.323 e. The molecule has 0 fully saturated rings. The van der Waals surface area contributed by atoms with Gasteiger partial charge in [0.25, 0.3) is 0 Å². The van der Waals surface area contributed by atoms with E-state index < -0.39 is 21.9 Å². The van der Waals surface area contributed by atoms with Gasteiger partial charge in [0.1, 0.15) is 6.54 Å². The number of hydrogen-bond acceptors (Lipinski definition) is 4. The predicted octanol–water partition coefficient (Wildman–Crippen LogP) is 0.924. The van der Waals surface area contributed by atoms with Crippen molar-refractivity contribution in [3.63, 3.8) is 0 Å². The minimum atomic E-state index is -3.66. The van der Waals surface area contributed by atoms with Crippen LogP contribution in [0.4, 0.5) is 0 Å². The lowest BCUT2D eigenvalue weighted by atomic mass is 10.2. The Morgan fingerprint density at radius 2 is 1.83 bits per heavy atom. The minimum absolute atomic E-state index is 0.0791. The molecule has 0 bridgehead atoms. The monoisotopic (exact) mass is 342 g/mol. The summed E-state index contributed by atoms with van der Waals surface area (Å²) >= 11 is 0. The fourth-order valence-electron chi connectivity index (χ4n) is 1.99. The van der Waals surface area contributed by atoms with Crippen LogP contribution >= 0.6 is 0 Å². The Morgan fingerprint density at radius 3 is 2.35 bits per heavy atom. The topological polar surface area (TPSA) is 104 Å². The van der Waals surface area contributed by atoms with E-state index in [1.165, 1.54) is 17.0 Å². The highest BCUT2D eigenvalue weighted by Crippen LogP contribution is 2.07. The third-order valence-corrected chi connectivity index (χ3v) is 4.43. The number of aliphatic carboxylic acids is 1. The van der Waals surface area contributed by atoms with Gasteiger partial charge < -0.3 is 10.0 Å². The predicted molar refractivity (Wildman–Crippen MR) is 85.3 cm³/mol. The molecule has 128 valence electrons. The zero-order valence-corrected chi connectivity index (χ0v) is 14.0. The van der Waals surface area contributed by atoms with E-state index in [-0.39, 0.29) is 30.3 Å². The second-order valence-electron chi connectivity index (χ2n) is 5.52. The Kier molecular flexibility index (Phi) is 7.18. The molecule has 2 N–H and O–H groups in total. The molecule has 0 spiro atoms. The van der Waals surface area contributed by atoms with Gasteiger partial charge in [0.05, 0.1) is 4.90 Å². The number of carbonyl (C=O) groups excluding carboxylic acids is 1. The number of hydrogen-bond donors (Lipinski definition) is 2. The molecule has 0 saturated carbocycles. The lowest BCUT2D eigenvalue weighted by molar-refractivity contribution is -0.144. The quantitative estimate of drug-likeness (QED) is 0.694. The van der Waals surface area contributed by atoms with Crippen molar-refractivity contribution >= 4 is 21.9 Å². The number of sulfonamides is 1. The molecule has 8 heteroatoms. The maximum atomic E-state index is 12.1. The average molecular weight is 342 g/mol. The van der Waals surface area contributed by atoms with Gasteiger partial charge in [-0.2, -0.15) is 0 Å². The summed E-state index contributed by atoms with van der Waals surface area (Å²) in [4.78, 5) is 24.2. The van der Waals surface area contributed by atoms with Gasteiger partial charge >= 0.3 is 5.97 Å². The molecule has 1 amide bonds. The van der Waals surface area contributed by atoms with E-state index in [1.54, 1.807) is 18.2 Å². The average Bonchev–Trinajstić information content (AvgIpc) is 2.46. The van der Waals surface area contributed by atoms with E-state index in [1.807, 2.05) is 13.8 Å². The van der Waals surface area contributed by atoms with Crippen molar-refractivity contribution in [3.05, 3.63) is 30.3 Å². The summed E-state index contributed by atoms with van der Waals surface area (Å²) in [6.45, 7) is 3.60. The number of benzene rings is 1. The molecule has 1 aromatic rings. The SMILES string of the molecule is CC(C)CN(CC(=O)O)C(=O)CCNS(=O)(=O)c1ccccc1. The van der Waals surface area contributed by atoms with Crippen molar-refractivity contribution in [2.24, 2.45) is 5.92 Å². The Morgan fingerprint density at radius 1 is 1.22 bits per heavy atom. The van der Waals surface area contributed by atoms with Crippen LogP contribution in [0.15, 0.2) is 35.2 Å². The minimum Gasteiger partial charge on any atom is -0.480 e. The number of nitrogens with zero attached hydrogens (tertiary/aromatic N) is 1.